The second kappa shape index (κ2) is 6.29. The third-order valence-corrected chi connectivity index (χ3v) is 5.91. The van der Waals surface area contributed by atoms with Crippen molar-refractivity contribution in [3.8, 4) is 0 Å². The Hall–Kier alpha value is -3.03. The smallest absolute Gasteiger partial charge is 0.269 e. The number of likely N-dealkylation sites (tertiary alicyclic amines) is 1. The molecule has 5 atom stereocenters. The minimum atomic E-state index is -0.940. The normalized spacial score (nSPS) is 29.6. The third-order valence-electron chi connectivity index (χ3n) is 5.91. The number of amides is 3. The molecule has 3 amide bonds. The van der Waals surface area contributed by atoms with Crippen LogP contribution in [-0.4, -0.2) is 33.6 Å². The molecule has 2 bridgehead atoms. The number of carbonyl (C=O) groups is 3. The largest absolute Gasteiger partial charge is 0.324 e. The molecule has 8 nitrogen and oxygen atoms in total. The summed E-state index contributed by atoms with van der Waals surface area (Å²) in [7, 11) is 0. The van der Waals surface area contributed by atoms with Crippen LogP contribution in [0.15, 0.2) is 36.4 Å². The average Bonchev–Trinajstić information content (AvgIpc) is 2.95. The zero-order chi connectivity index (χ0) is 19.3. The van der Waals surface area contributed by atoms with Crippen LogP contribution in [0, 0.1) is 33.8 Å². The lowest BCUT2D eigenvalue weighted by Gasteiger charge is -2.38. The van der Waals surface area contributed by atoms with Crippen molar-refractivity contribution >= 4 is 29.1 Å². The van der Waals surface area contributed by atoms with Crippen molar-refractivity contribution in [3.05, 3.63) is 46.5 Å². The lowest BCUT2D eigenvalue weighted by molar-refractivity contribution is -0.384. The van der Waals surface area contributed by atoms with Crippen molar-refractivity contribution in [3.63, 3.8) is 0 Å². The minimum Gasteiger partial charge on any atom is -0.324 e. The van der Waals surface area contributed by atoms with Crippen LogP contribution in [0.4, 0.5) is 11.4 Å². The zero-order valence-corrected chi connectivity index (χ0v) is 14.7. The van der Waals surface area contributed by atoms with Crippen molar-refractivity contribution in [2.24, 2.45) is 23.7 Å². The van der Waals surface area contributed by atoms with Crippen LogP contribution in [0.5, 0.6) is 0 Å². The molecule has 1 aromatic rings. The molecule has 27 heavy (non-hydrogen) atoms. The second-order valence-electron chi connectivity index (χ2n) is 7.36. The molecule has 1 aliphatic heterocycles. The van der Waals surface area contributed by atoms with Crippen LogP contribution in [0.25, 0.3) is 0 Å². The monoisotopic (exact) mass is 369 g/mol. The van der Waals surface area contributed by atoms with E-state index in [9.17, 15) is 24.5 Å². The Bertz CT molecular complexity index is 831. The summed E-state index contributed by atoms with van der Waals surface area (Å²) >= 11 is 0. The highest BCUT2D eigenvalue weighted by atomic mass is 16.6. The molecule has 0 aromatic heterocycles. The first-order valence-electron chi connectivity index (χ1n) is 8.99. The number of allylic oxidation sites excluding steroid dienone is 2. The molecule has 0 unspecified atom stereocenters. The van der Waals surface area contributed by atoms with E-state index in [-0.39, 0.29) is 41.2 Å². The van der Waals surface area contributed by atoms with Crippen LogP contribution in [0.3, 0.4) is 0 Å². The number of imide groups is 1. The fraction of sp³-hybridized carbons (Fsp3) is 0.421. The van der Waals surface area contributed by atoms with E-state index in [1.54, 1.807) is 0 Å². The lowest BCUT2D eigenvalue weighted by atomic mass is 9.63. The van der Waals surface area contributed by atoms with E-state index in [4.69, 9.17) is 0 Å². The van der Waals surface area contributed by atoms with Crippen LogP contribution in [0.2, 0.25) is 0 Å². The highest BCUT2D eigenvalue weighted by Gasteiger charge is 2.58. The van der Waals surface area contributed by atoms with Gasteiger partial charge in [0.15, 0.2) is 0 Å². The highest BCUT2D eigenvalue weighted by Crippen LogP contribution is 2.49. The molecule has 1 saturated carbocycles. The van der Waals surface area contributed by atoms with E-state index in [2.05, 4.69) is 5.32 Å². The number of rotatable bonds is 4. The van der Waals surface area contributed by atoms with Gasteiger partial charge in [0, 0.05) is 17.8 Å². The SMILES string of the molecule is C[C@H](C(=O)Nc1ccc([N+](=O)[O-])cc1)N1C(=O)[C@@H]2[C@H](C1=O)[C@H]1C=C[C@H]2CC1. The van der Waals surface area contributed by atoms with Gasteiger partial charge in [-0.2, -0.15) is 0 Å². The Balaban J connectivity index is 1.50. The molecule has 5 rings (SSSR count). The number of anilines is 1. The van der Waals surface area contributed by atoms with Gasteiger partial charge in [0.1, 0.15) is 6.04 Å². The first-order valence-corrected chi connectivity index (χ1v) is 8.99. The Morgan fingerprint density at radius 3 is 2.07 bits per heavy atom. The number of nitro benzene ring substituents is 1. The molecule has 1 N–H and O–H groups in total. The number of fused-ring (bicyclic) bond motifs is 1. The first-order chi connectivity index (χ1) is 12.9. The van der Waals surface area contributed by atoms with Gasteiger partial charge in [0.05, 0.1) is 16.8 Å². The molecule has 4 aliphatic rings. The summed E-state index contributed by atoms with van der Waals surface area (Å²) in [4.78, 5) is 49.6. The molecule has 2 fully saturated rings. The van der Waals surface area contributed by atoms with Crippen molar-refractivity contribution in [1.29, 1.82) is 0 Å². The maximum Gasteiger partial charge on any atom is 0.269 e. The summed E-state index contributed by atoms with van der Waals surface area (Å²) in [5, 5.41) is 13.3. The summed E-state index contributed by atoms with van der Waals surface area (Å²) in [6.07, 6.45) is 5.87. The number of hydrogen-bond acceptors (Lipinski definition) is 5. The quantitative estimate of drug-likeness (QED) is 0.378. The molecule has 0 spiro atoms. The van der Waals surface area contributed by atoms with Gasteiger partial charge in [0.2, 0.25) is 17.7 Å². The standard InChI is InChI=1S/C19H19N3O5/c1-10(17(23)20-13-6-8-14(9-7-13)22(26)27)21-18(24)15-11-2-3-12(5-4-11)16(15)19(21)25/h2-3,6-12,15-16H,4-5H2,1H3,(H,20,23)/t10-,11+,12+,15-,16+/m1/s1. The van der Waals surface area contributed by atoms with Crippen LogP contribution in [0.1, 0.15) is 19.8 Å². The van der Waals surface area contributed by atoms with E-state index in [1.807, 2.05) is 12.2 Å². The van der Waals surface area contributed by atoms with Gasteiger partial charge in [-0.1, -0.05) is 12.2 Å². The highest BCUT2D eigenvalue weighted by molar-refractivity contribution is 6.10. The van der Waals surface area contributed by atoms with Gasteiger partial charge in [-0.25, -0.2) is 0 Å². The topological polar surface area (TPSA) is 110 Å². The Morgan fingerprint density at radius 1 is 1.11 bits per heavy atom. The Kier molecular flexibility index (Phi) is 4.05. The predicted molar refractivity (Wildman–Crippen MR) is 95.4 cm³/mol. The summed E-state index contributed by atoms with van der Waals surface area (Å²) < 4.78 is 0. The van der Waals surface area contributed by atoms with Gasteiger partial charge in [-0.15, -0.1) is 0 Å². The first kappa shape index (κ1) is 17.4. The van der Waals surface area contributed by atoms with E-state index in [1.165, 1.54) is 31.2 Å². The van der Waals surface area contributed by atoms with E-state index >= 15 is 0 Å². The van der Waals surface area contributed by atoms with Gasteiger partial charge in [-0.3, -0.25) is 29.4 Å². The molecule has 140 valence electrons. The molecule has 1 heterocycles. The lowest BCUT2D eigenvalue weighted by Crippen LogP contribution is -2.46. The molecule has 1 aromatic carbocycles. The van der Waals surface area contributed by atoms with Crippen molar-refractivity contribution in [2.45, 2.75) is 25.8 Å². The summed E-state index contributed by atoms with van der Waals surface area (Å²) in [6, 6.07) is 4.46. The predicted octanol–water partition coefficient (Wildman–Crippen LogP) is 2.12. The van der Waals surface area contributed by atoms with Gasteiger partial charge >= 0.3 is 0 Å². The van der Waals surface area contributed by atoms with Crippen LogP contribution < -0.4 is 5.32 Å². The maximum absolute atomic E-state index is 12.9. The van der Waals surface area contributed by atoms with Crippen molar-refractivity contribution in [2.75, 3.05) is 5.32 Å². The molecule has 0 radical (unpaired) electrons. The molecule has 3 aliphatic carbocycles. The van der Waals surface area contributed by atoms with Crippen molar-refractivity contribution < 1.29 is 19.3 Å². The Labute approximate surface area is 155 Å². The van der Waals surface area contributed by atoms with E-state index in [0.717, 1.165) is 17.7 Å². The number of hydrogen-bond donors (Lipinski definition) is 1. The van der Waals surface area contributed by atoms with Gasteiger partial charge < -0.3 is 5.32 Å². The molecular formula is C19H19N3O5. The summed E-state index contributed by atoms with van der Waals surface area (Å²) in [6.45, 7) is 1.53. The number of carbonyl (C=O) groups excluding carboxylic acids is 3. The molecular weight excluding hydrogens is 350 g/mol. The average molecular weight is 369 g/mol. The summed E-state index contributed by atoms with van der Waals surface area (Å²) in [5.74, 6) is -1.58. The van der Waals surface area contributed by atoms with Crippen LogP contribution in [-0.2, 0) is 14.4 Å². The number of non-ortho nitro benzene ring substituents is 1. The summed E-state index contributed by atoms with van der Waals surface area (Å²) in [5.41, 5.74) is 0.286. The fourth-order valence-electron chi connectivity index (χ4n) is 4.51. The van der Waals surface area contributed by atoms with Crippen LogP contribution >= 0.6 is 0 Å². The Morgan fingerprint density at radius 2 is 1.63 bits per heavy atom. The number of nitrogens with one attached hydrogen (secondary N) is 1. The fourth-order valence-corrected chi connectivity index (χ4v) is 4.51. The number of benzene rings is 1. The number of nitrogens with zero attached hydrogens (tertiary/aromatic N) is 2. The van der Waals surface area contributed by atoms with E-state index < -0.39 is 16.9 Å². The second-order valence-corrected chi connectivity index (χ2v) is 7.36. The van der Waals surface area contributed by atoms with Gasteiger partial charge in [-0.05, 0) is 43.7 Å². The zero-order valence-electron chi connectivity index (χ0n) is 14.7. The molecule has 8 heteroatoms. The van der Waals surface area contributed by atoms with Crippen molar-refractivity contribution in [1.82, 2.24) is 4.90 Å². The van der Waals surface area contributed by atoms with Gasteiger partial charge in [0.25, 0.3) is 5.69 Å². The third kappa shape index (κ3) is 2.72. The van der Waals surface area contributed by atoms with E-state index in [0.29, 0.717) is 5.69 Å². The maximum atomic E-state index is 12.9. The minimum absolute atomic E-state index is 0.0754. The number of nitro groups is 1. The molecule has 1 saturated heterocycles.